The lowest BCUT2D eigenvalue weighted by atomic mass is 10.1. The summed E-state index contributed by atoms with van der Waals surface area (Å²) in [6, 6.07) is 9.25. The number of hydrogen-bond acceptors (Lipinski definition) is 3. The molecule has 114 valence electrons. The molecule has 1 aliphatic carbocycles. The standard InChI is InChI=1S/C17H18N2O2S/c1-10-8-15(11(2)22-10)17(21)19-14-5-3-4-12(9-14)16(20)18-13-6-7-13/h3-5,8-9,13H,6-7H2,1-2H3,(H,18,20)(H,19,21). The van der Waals surface area contributed by atoms with Gasteiger partial charge in [-0.2, -0.15) is 0 Å². The van der Waals surface area contributed by atoms with Crippen LogP contribution in [0.4, 0.5) is 5.69 Å². The summed E-state index contributed by atoms with van der Waals surface area (Å²) in [5.41, 5.74) is 1.90. The van der Waals surface area contributed by atoms with E-state index in [0.717, 1.165) is 22.6 Å². The Morgan fingerprint density at radius 1 is 1.14 bits per heavy atom. The first-order chi connectivity index (χ1) is 10.5. The minimum atomic E-state index is -0.137. The first-order valence-electron chi connectivity index (χ1n) is 7.32. The molecule has 0 unspecified atom stereocenters. The Morgan fingerprint density at radius 2 is 1.91 bits per heavy atom. The molecular weight excluding hydrogens is 296 g/mol. The Bertz CT molecular complexity index is 732. The third-order valence-corrected chi connectivity index (χ3v) is 4.55. The van der Waals surface area contributed by atoms with Crippen LogP contribution in [0.1, 0.15) is 43.3 Å². The van der Waals surface area contributed by atoms with Crippen molar-refractivity contribution in [1.82, 2.24) is 5.32 Å². The number of benzene rings is 1. The Morgan fingerprint density at radius 3 is 2.55 bits per heavy atom. The van der Waals surface area contributed by atoms with E-state index in [2.05, 4.69) is 10.6 Å². The van der Waals surface area contributed by atoms with Crippen LogP contribution in [0.25, 0.3) is 0 Å². The van der Waals surface area contributed by atoms with E-state index in [-0.39, 0.29) is 11.8 Å². The summed E-state index contributed by atoms with van der Waals surface area (Å²) in [5.74, 6) is -0.220. The number of amides is 2. The molecule has 2 aromatic rings. The normalized spacial score (nSPS) is 13.7. The molecule has 0 aliphatic heterocycles. The fourth-order valence-electron chi connectivity index (χ4n) is 2.29. The Balaban J connectivity index is 1.73. The molecule has 0 bridgehead atoms. The highest BCUT2D eigenvalue weighted by molar-refractivity contribution is 7.12. The molecule has 0 radical (unpaired) electrons. The summed E-state index contributed by atoms with van der Waals surface area (Å²) in [7, 11) is 0. The monoisotopic (exact) mass is 314 g/mol. The highest BCUT2D eigenvalue weighted by atomic mass is 32.1. The van der Waals surface area contributed by atoms with Crippen LogP contribution in [0.5, 0.6) is 0 Å². The van der Waals surface area contributed by atoms with Crippen molar-refractivity contribution >= 4 is 28.8 Å². The van der Waals surface area contributed by atoms with Crippen LogP contribution >= 0.6 is 11.3 Å². The van der Waals surface area contributed by atoms with Crippen LogP contribution in [0, 0.1) is 13.8 Å². The molecule has 2 N–H and O–H groups in total. The molecule has 0 saturated heterocycles. The molecule has 1 fully saturated rings. The first-order valence-corrected chi connectivity index (χ1v) is 8.14. The summed E-state index contributed by atoms with van der Waals surface area (Å²) in [5, 5.41) is 5.81. The van der Waals surface area contributed by atoms with Gasteiger partial charge in [-0.15, -0.1) is 11.3 Å². The van der Waals surface area contributed by atoms with Crippen molar-refractivity contribution in [3.63, 3.8) is 0 Å². The van der Waals surface area contributed by atoms with Crippen LogP contribution in [0.2, 0.25) is 0 Å². The van der Waals surface area contributed by atoms with Gasteiger partial charge >= 0.3 is 0 Å². The van der Waals surface area contributed by atoms with Crippen molar-refractivity contribution in [1.29, 1.82) is 0 Å². The minimum absolute atomic E-state index is 0.0823. The number of carbonyl (C=O) groups is 2. The molecule has 1 saturated carbocycles. The molecule has 0 atom stereocenters. The largest absolute Gasteiger partial charge is 0.349 e. The molecule has 3 rings (SSSR count). The van der Waals surface area contributed by atoms with Crippen molar-refractivity contribution in [3.8, 4) is 0 Å². The predicted molar refractivity (Wildman–Crippen MR) is 88.7 cm³/mol. The van der Waals surface area contributed by atoms with Gasteiger partial charge in [-0.3, -0.25) is 9.59 Å². The van der Waals surface area contributed by atoms with Gasteiger partial charge in [-0.1, -0.05) is 6.07 Å². The summed E-state index contributed by atoms with van der Waals surface area (Å²) >= 11 is 1.60. The number of nitrogens with one attached hydrogen (secondary N) is 2. The molecule has 1 aliphatic rings. The topological polar surface area (TPSA) is 58.2 Å². The first kappa shape index (κ1) is 14.8. The van der Waals surface area contributed by atoms with E-state index >= 15 is 0 Å². The van der Waals surface area contributed by atoms with Gasteiger partial charge in [0.05, 0.1) is 5.56 Å². The molecule has 1 aromatic carbocycles. The molecule has 5 heteroatoms. The lowest BCUT2D eigenvalue weighted by Crippen LogP contribution is -2.25. The summed E-state index contributed by atoms with van der Waals surface area (Å²) in [6.45, 7) is 3.92. The maximum Gasteiger partial charge on any atom is 0.256 e. The van der Waals surface area contributed by atoms with Crippen LogP contribution in [-0.4, -0.2) is 17.9 Å². The lowest BCUT2D eigenvalue weighted by Gasteiger charge is -2.08. The van der Waals surface area contributed by atoms with E-state index < -0.39 is 0 Å². The number of aryl methyl sites for hydroxylation is 2. The van der Waals surface area contributed by atoms with E-state index in [0.29, 0.717) is 22.9 Å². The summed E-state index contributed by atoms with van der Waals surface area (Å²) in [4.78, 5) is 26.5. The average molecular weight is 314 g/mol. The highest BCUT2D eigenvalue weighted by Gasteiger charge is 2.23. The van der Waals surface area contributed by atoms with Crippen molar-refractivity contribution in [2.24, 2.45) is 0 Å². The quantitative estimate of drug-likeness (QED) is 0.907. The Kier molecular flexibility index (Phi) is 3.98. The summed E-state index contributed by atoms with van der Waals surface area (Å²) in [6.07, 6.45) is 2.11. The number of thiophene rings is 1. The SMILES string of the molecule is Cc1cc(C(=O)Nc2cccc(C(=O)NC3CC3)c2)c(C)s1. The Hall–Kier alpha value is -2.14. The molecule has 1 aromatic heterocycles. The number of carbonyl (C=O) groups excluding carboxylic acids is 2. The zero-order valence-corrected chi connectivity index (χ0v) is 13.4. The fraction of sp³-hybridized carbons (Fsp3) is 0.294. The van der Waals surface area contributed by atoms with E-state index in [4.69, 9.17) is 0 Å². The van der Waals surface area contributed by atoms with Gasteiger partial charge < -0.3 is 10.6 Å². The van der Waals surface area contributed by atoms with Gasteiger partial charge in [0.25, 0.3) is 11.8 Å². The van der Waals surface area contributed by atoms with Crippen molar-refractivity contribution in [2.45, 2.75) is 32.7 Å². The third-order valence-electron chi connectivity index (χ3n) is 3.58. The van der Waals surface area contributed by atoms with E-state index in [9.17, 15) is 9.59 Å². The van der Waals surface area contributed by atoms with Gasteiger partial charge in [0.15, 0.2) is 0 Å². The molecule has 0 spiro atoms. The summed E-state index contributed by atoms with van der Waals surface area (Å²) < 4.78 is 0. The molecule has 2 amide bonds. The van der Waals surface area contributed by atoms with Crippen molar-refractivity contribution in [3.05, 3.63) is 51.2 Å². The van der Waals surface area contributed by atoms with Crippen LogP contribution in [0.15, 0.2) is 30.3 Å². The van der Waals surface area contributed by atoms with Gasteiger partial charge in [-0.25, -0.2) is 0 Å². The van der Waals surface area contributed by atoms with E-state index in [1.165, 1.54) is 0 Å². The second kappa shape index (κ2) is 5.93. The second-order valence-electron chi connectivity index (χ2n) is 5.61. The van der Waals surface area contributed by atoms with Crippen LogP contribution < -0.4 is 10.6 Å². The van der Waals surface area contributed by atoms with Gasteiger partial charge in [0.2, 0.25) is 0 Å². The third kappa shape index (κ3) is 3.36. The van der Waals surface area contributed by atoms with Gasteiger partial charge in [0.1, 0.15) is 0 Å². The van der Waals surface area contributed by atoms with Crippen molar-refractivity contribution in [2.75, 3.05) is 5.32 Å². The second-order valence-corrected chi connectivity index (χ2v) is 7.07. The number of anilines is 1. The zero-order valence-electron chi connectivity index (χ0n) is 12.6. The van der Waals surface area contributed by atoms with Gasteiger partial charge in [-0.05, 0) is 51.0 Å². The van der Waals surface area contributed by atoms with Gasteiger partial charge in [0, 0.05) is 27.0 Å². The highest BCUT2D eigenvalue weighted by Crippen LogP contribution is 2.22. The predicted octanol–water partition coefficient (Wildman–Crippen LogP) is 3.51. The van der Waals surface area contributed by atoms with E-state index in [1.807, 2.05) is 19.9 Å². The molecular formula is C17H18N2O2S. The lowest BCUT2D eigenvalue weighted by molar-refractivity contribution is 0.0949. The van der Waals surface area contributed by atoms with Crippen LogP contribution in [-0.2, 0) is 0 Å². The molecule has 4 nitrogen and oxygen atoms in total. The molecule has 22 heavy (non-hydrogen) atoms. The zero-order chi connectivity index (χ0) is 15.7. The number of hydrogen-bond donors (Lipinski definition) is 2. The van der Waals surface area contributed by atoms with Crippen LogP contribution in [0.3, 0.4) is 0 Å². The minimum Gasteiger partial charge on any atom is -0.349 e. The average Bonchev–Trinajstić information content (AvgIpc) is 3.22. The fourth-order valence-corrected chi connectivity index (χ4v) is 3.21. The number of rotatable bonds is 4. The maximum absolute atomic E-state index is 12.3. The van der Waals surface area contributed by atoms with E-state index in [1.54, 1.807) is 35.6 Å². The maximum atomic E-state index is 12.3. The molecule has 1 heterocycles. The smallest absolute Gasteiger partial charge is 0.256 e. The van der Waals surface area contributed by atoms with Crippen molar-refractivity contribution < 1.29 is 9.59 Å². The Labute approximate surface area is 133 Å².